The largest absolute Gasteiger partial charge is 0.352 e. The lowest BCUT2D eigenvalue weighted by atomic mass is 10.2. The van der Waals surface area contributed by atoms with Gasteiger partial charge >= 0.3 is 0 Å². The molecule has 0 bridgehead atoms. The number of halogens is 1. The Morgan fingerprint density at radius 1 is 1.45 bits per heavy atom. The highest BCUT2D eigenvalue weighted by atomic mass is 19.1. The van der Waals surface area contributed by atoms with E-state index in [-0.39, 0.29) is 11.4 Å². The second-order valence-corrected chi connectivity index (χ2v) is 4.82. The zero-order valence-electron chi connectivity index (χ0n) is 11.4. The molecular weight excluding hydrogens is 261 g/mol. The van der Waals surface area contributed by atoms with Gasteiger partial charge in [-0.3, -0.25) is 4.79 Å². The van der Waals surface area contributed by atoms with E-state index in [1.54, 1.807) is 0 Å². The summed E-state index contributed by atoms with van der Waals surface area (Å²) < 4.78 is 13.8. The summed E-state index contributed by atoms with van der Waals surface area (Å²) in [6.07, 6.45) is 4.71. The number of hydrogen-bond acceptors (Lipinski definition) is 5. The van der Waals surface area contributed by atoms with Gasteiger partial charge in [-0.1, -0.05) is 0 Å². The zero-order chi connectivity index (χ0) is 14.4. The first-order valence-corrected chi connectivity index (χ1v) is 6.84. The van der Waals surface area contributed by atoms with Gasteiger partial charge in [0.2, 0.25) is 0 Å². The van der Waals surface area contributed by atoms with Crippen molar-refractivity contribution in [2.45, 2.75) is 19.3 Å². The SMILES string of the molecule is NNc1nccc(C(=O)NCCCN2CCCC2)c1F. The number of anilines is 1. The van der Waals surface area contributed by atoms with Crippen molar-refractivity contribution in [1.29, 1.82) is 0 Å². The summed E-state index contributed by atoms with van der Waals surface area (Å²) in [5.41, 5.74) is 2.07. The summed E-state index contributed by atoms with van der Waals surface area (Å²) >= 11 is 0. The number of carbonyl (C=O) groups is 1. The number of hydrogen-bond donors (Lipinski definition) is 3. The van der Waals surface area contributed by atoms with Crippen molar-refractivity contribution >= 4 is 11.7 Å². The van der Waals surface area contributed by atoms with Crippen molar-refractivity contribution in [2.75, 3.05) is 31.6 Å². The predicted molar refractivity (Wildman–Crippen MR) is 74.6 cm³/mol. The Bertz CT molecular complexity index is 462. The molecule has 1 aliphatic rings. The third-order valence-corrected chi connectivity index (χ3v) is 3.41. The number of amides is 1. The molecule has 0 atom stereocenters. The van der Waals surface area contributed by atoms with E-state index in [2.05, 4.69) is 20.6 Å². The van der Waals surface area contributed by atoms with E-state index in [0.29, 0.717) is 6.54 Å². The van der Waals surface area contributed by atoms with E-state index in [9.17, 15) is 9.18 Å². The molecule has 0 unspecified atom stereocenters. The van der Waals surface area contributed by atoms with Crippen LogP contribution in [0, 0.1) is 5.82 Å². The first-order valence-electron chi connectivity index (χ1n) is 6.84. The molecule has 1 aromatic heterocycles. The molecule has 4 N–H and O–H groups in total. The summed E-state index contributed by atoms with van der Waals surface area (Å²) in [5.74, 6) is 3.82. The lowest BCUT2D eigenvalue weighted by Gasteiger charge is -2.14. The molecule has 1 fully saturated rings. The van der Waals surface area contributed by atoms with Crippen LogP contribution in [0.3, 0.4) is 0 Å². The van der Waals surface area contributed by atoms with Crippen molar-refractivity contribution in [3.8, 4) is 0 Å². The number of nitrogens with two attached hydrogens (primary N) is 1. The van der Waals surface area contributed by atoms with Crippen molar-refractivity contribution in [3.05, 3.63) is 23.6 Å². The number of likely N-dealkylation sites (tertiary alicyclic amines) is 1. The fourth-order valence-corrected chi connectivity index (χ4v) is 2.33. The van der Waals surface area contributed by atoms with Crippen LogP contribution >= 0.6 is 0 Å². The van der Waals surface area contributed by atoms with Crippen LogP contribution in [0.2, 0.25) is 0 Å². The van der Waals surface area contributed by atoms with Crippen molar-refractivity contribution in [3.63, 3.8) is 0 Å². The third kappa shape index (κ3) is 3.64. The highest BCUT2D eigenvalue weighted by Crippen LogP contribution is 2.13. The fraction of sp³-hybridized carbons (Fsp3) is 0.538. The number of nitrogen functional groups attached to an aromatic ring is 1. The van der Waals surface area contributed by atoms with Crippen molar-refractivity contribution < 1.29 is 9.18 Å². The minimum absolute atomic E-state index is 0.0471. The maximum absolute atomic E-state index is 13.8. The van der Waals surface area contributed by atoms with Gasteiger partial charge in [0.15, 0.2) is 11.6 Å². The maximum atomic E-state index is 13.8. The molecule has 0 spiro atoms. The Balaban J connectivity index is 1.79. The van der Waals surface area contributed by atoms with E-state index in [1.165, 1.54) is 25.1 Å². The molecule has 20 heavy (non-hydrogen) atoms. The Kier molecular flexibility index (Phi) is 5.25. The van der Waals surface area contributed by atoms with Crippen LogP contribution in [0.4, 0.5) is 10.2 Å². The second-order valence-electron chi connectivity index (χ2n) is 4.82. The number of carbonyl (C=O) groups excluding carboxylic acids is 1. The van der Waals surface area contributed by atoms with Crippen LogP contribution in [0.15, 0.2) is 12.3 Å². The minimum Gasteiger partial charge on any atom is -0.352 e. The van der Waals surface area contributed by atoms with Crippen LogP contribution < -0.4 is 16.6 Å². The normalized spacial score (nSPS) is 15.3. The summed E-state index contributed by atoms with van der Waals surface area (Å²) in [6.45, 7) is 3.77. The van der Waals surface area contributed by atoms with E-state index in [4.69, 9.17) is 5.84 Å². The standard InChI is InChI=1S/C13H20FN5O/c14-11-10(4-6-16-12(11)18-15)13(20)17-5-3-9-19-7-1-2-8-19/h4,6H,1-3,5,7-9,15H2,(H,16,18)(H,17,20). The smallest absolute Gasteiger partial charge is 0.254 e. The average Bonchev–Trinajstić information content (AvgIpc) is 2.97. The first kappa shape index (κ1) is 14.7. The van der Waals surface area contributed by atoms with Crippen LogP contribution in [0.5, 0.6) is 0 Å². The Labute approximate surface area is 117 Å². The molecule has 6 nitrogen and oxygen atoms in total. The highest BCUT2D eigenvalue weighted by molar-refractivity contribution is 5.95. The first-order chi connectivity index (χ1) is 9.72. The molecule has 2 heterocycles. The van der Waals surface area contributed by atoms with E-state index in [1.807, 2.05) is 0 Å². The summed E-state index contributed by atoms with van der Waals surface area (Å²) in [5, 5.41) is 2.71. The van der Waals surface area contributed by atoms with Crippen molar-refractivity contribution in [1.82, 2.24) is 15.2 Å². The number of aromatic nitrogens is 1. The monoisotopic (exact) mass is 281 g/mol. The lowest BCUT2D eigenvalue weighted by molar-refractivity contribution is 0.0948. The number of nitrogens with one attached hydrogen (secondary N) is 2. The molecule has 1 aliphatic heterocycles. The molecule has 0 saturated carbocycles. The van der Waals surface area contributed by atoms with Crippen molar-refractivity contribution in [2.24, 2.45) is 5.84 Å². The average molecular weight is 281 g/mol. The number of pyridine rings is 1. The van der Waals surface area contributed by atoms with Crippen LogP contribution in [0.25, 0.3) is 0 Å². The Morgan fingerprint density at radius 3 is 2.90 bits per heavy atom. The van der Waals surface area contributed by atoms with E-state index >= 15 is 0 Å². The van der Waals surface area contributed by atoms with Gasteiger partial charge in [-0.15, -0.1) is 0 Å². The van der Waals surface area contributed by atoms with Gasteiger partial charge < -0.3 is 15.6 Å². The molecule has 0 radical (unpaired) electrons. The molecule has 1 amide bonds. The van der Waals surface area contributed by atoms with Gasteiger partial charge in [0.05, 0.1) is 5.56 Å². The molecule has 110 valence electrons. The minimum atomic E-state index is -0.730. The topological polar surface area (TPSA) is 83.3 Å². The Hall–Kier alpha value is -1.73. The number of hydrazine groups is 1. The molecule has 0 aliphatic carbocycles. The van der Waals surface area contributed by atoms with Gasteiger partial charge in [-0.05, 0) is 45.0 Å². The van der Waals surface area contributed by atoms with Crippen LogP contribution in [-0.4, -0.2) is 42.0 Å². The molecular formula is C13H20FN5O. The van der Waals surface area contributed by atoms with Gasteiger partial charge in [0.25, 0.3) is 5.91 Å². The number of nitrogens with zero attached hydrogens (tertiary/aromatic N) is 2. The van der Waals surface area contributed by atoms with Gasteiger partial charge in [0, 0.05) is 12.7 Å². The van der Waals surface area contributed by atoms with E-state index in [0.717, 1.165) is 26.1 Å². The summed E-state index contributed by atoms with van der Waals surface area (Å²) in [6, 6.07) is 1.34. The maximum Gasteiger partial charge on any atom is 0.254 e. The predicted octanol–water partition coefficient (Wildman–Crippen LogP) is 0.722. The summed E-state index contributed by atoms with van der Waals surface area (Å²) in [4.78, 5) is 17.9. The fourth-order valence-electron chi connectivity index (χ4n) is 2.33. The zero-order valence-corrected chi connectivity index (χ0v) is 11.4. The van der Waals surface area contributed by atoms with Crippen LogP contribution in [0.1, 0.15) is 29.6 Å². The second kappa shape index (κ2) is 7.16. The molecule has 2 rings (SSSR count). The quantitative estimate of drug-likeness (QED) is 0.406. The van der Waals surface area contributed by atoms with Gasteiger partial charge in [-0.2, -0.15) is 0 Å². The van der Waals surface area contributed by atoms with Gasteiger partial charge in [0.1, 0.15) is 0 Å². The lowest BCUT2D eigenvalue weighted by Crippen LogP contribution is -2.29. The highest BCUT2D eigenvalue weighted by Gasteiger charge is 2.15. The third-order valence-electron chi connectivity index (χ3n) is 3.41. The van der Waals surface area contributed by atoms with Crippen LogP contribution in [-0.2, 0) is 0 Å². The van der Waals surface area contributed by atoms with E-state index < -0.39 is 11.7 Å². The number of rotatable bonds is 6. The Morgan fingerprint density at radius 2 is 2.20 bits per heavy atom. The summed E-state index contributed by atoms with van der Waals surface area (Å²) in [7, 11) is 0. The molecule has 0 aromatic carbocycles. The van der Waals surface area contributed by atoms with Gasteiger partial charge in [-0.25, -0.2) is 15.2 Å². The molecule has 1 saturated heterocycles. The molecule has 7 heteroatoms. The molecule has 1 aromatic rings.